The number of aromatic nitrogens is 2. The number of hydrogen-bond donors (Lipinski definition) is 1. The Kier molecular flexibility index (Phi) is 3.06. The number of rotatable bonds is 2. The van der Waals surface area contributed by atoms with Crippen molar-refractivity contribution in [2.45, 2.75) is 6.61 Å². The average molecular weight is 243 g/mol. The lowest BCUT2D eigenvalue weighted by atomic mass is 10.4. The molecule has 1 N–H and O–H groups in total. The minimum atomic E-state index is -2.87. The number of hydrogen-bond acceptors (Lipinski definition) is 6. The van der Waals surface area contributed by atoms with Crippen LogP contribution in [-0.2, 0) is 16.4 Å². The van der Waals surface area contributed by atoms with Crippen LogP contribution < -0.4 is 4.90 Å². The van der Waals surface area contributed by atoms with Crippen molar-refractivity contribution < 1.29 is 13.5 Å². The van der Waals surface area contributed by atoms with Crippen molar-refractivity contribution in [2.75, 3.05) is 29.5 Å². The fourth-order valence-corrected chi connectivity index (χ4v) is 2.78. The molecule has 1 aromatic rings. The summed E-state index contributed by atoms with van der Waals surface area (Å²) in [4.78, 5) is 9.90. The van der Waals surface area contributed by atoms with E-state index in [2.05, 4.69) is 9.97 Å². The zero-order valence-corrected chi connectivity index (χ0v) is 9.52. The van der Waals surface area contributed by atoms with E-state index in [1.807, 2.05) is 4.90 Å². The maximum absolute atomic E-state index is 11.3. The number of aliphatic hydroxyl groups is 1. The van der Waals surface area contributed by atoms with Crippen LogP contribution in [0.25, 0.3) is 0 Å². The van der Waals surface area contributed by atoms with Crippen LogP contribution >= 0.6 is 0 Å². The molecule has 0 amide bonds. The van der Waals surface area contributed by atoms with Gasteiger partial charge in [0, 0.05) is 19.3 Å². The first-order valence-electron chi connectivity index (χ1n) is 4.99. The summed E-state index contributed by atoms with van der Waals surface area (Å²) in [6, 6.07) is 1.72. The molecule has 0 saturated carbocycles. The van der Waals surface area contributed by atoms with Gasteiger partial charge in [0.1, 0.15) is 12.4 Å². The molecule has 0 bridgehead atoms. The molecule has 2 rings (SSSR count). The Morgan fingerprint density at radius 2 is 2.06 bits per heavy atom. The summed E-state index contributed by atoms with van der Waals surface area (Å²) in [5.74, 6) is 1.34. The van der Waals surface area contributed by atoms with E-state index in [1.165, 1.54) is 0 Å². The van der Waals surface area contributed by atoms with Crippen molar-refractivity contribution in [2.24, 2.45) is 0 Å². The van der Waals surface area contributed by atoms with Gasteiger partial charge in [0.15, 0.2) is 15.7 Å². The second kappa shape index (κ2) is 4.34. The minimum absolute atomic E-state index is 0.158. The molecule has 0 radical (unpaired) electrons. The van der Waals surface area contributed by atoms with Crippen LogP contribution in [0.5, 0.6) is 0 Å². The summed E-state index contributed by atoms with van der Waals surface area (Å²) >= 11 is 0. The molecule has 1 aromatic heterocycles. The monoisotopic (exact) mass is 243 g/mol. The molecular formula is C9H13N3O3S. The predicted molar refractivity (Wildman–Crippen MR) is 58.8 cm³/mol. The smallest absolute Gasteiger partial charge is 0.156 e. The summed E-state index contributed by atoms with van der Waals surface area (Å²) in [6.07, 6.45) is 1.57. The van der Waals surface area contributed by atoms with Gasteiger partial charge >= 0.3 is 0 Å². The standard InChI is InChI=1S/C9H13N3O3S/c13-7-8-10-2-1-9(11-8)12-3-5-16(14,15)6-4-12/h1-2,13H,3-7H2. The van der Waals surface area contributed by atoms with E-state index in [1.54, 1.807) is 12.3 Å². The molecule has 0 aromatic carbocycles. The van der Waals surface area contributed by atoms with Gasteiger partial charge in [0.2, 0.25) is 0 Å². The van der Waals surface area contributed by atoms with Gasteiger partial charge in [-0.25, -0.2) is 18.4 Å². The van der Waals surface area contributed by atoms with E-state index < -0.39 is 9.84 Å². The lowest BCUT2D eigenvalue weighted by Crippen LogP contribution is -2.40. The molecule has 1 aliphatic heterocycles. The quantitative estimate of drug-likeness (QED) is 0.732. The molecule has 88 valence electrons. The normalized spacial score (nSPS) is 19.7. The topological polar surface area (TPSA) is 83.4 Å². The molecule has 0 aliphatic carbocycles. The van der Waals surface area contributed by atoms with Crippen molar-refractivity contribution in [1.29, 1.82) is 0 Å². The van der Waals surface area contributed by atoms with Crippen LogP contribution in [0, 0.1) is 0 Å². The van der Waals surface area contributed by atoms with Crippen LogP contribution in [0.3, 0.4) is 0 Å². The molecule has 1 aliphatic rings. The summed E-state index contributed by atoms with van der Waals surface area (Å²) in [6.45, 7) is 0.689. The number of anilines is 1. The first-order valence-corrected chi connectivity index (χ1v) is 6.81. The Hall–Kier alpha value is -1.21. The fraction of sp³-hybridized carbons (Fsp3) is 0.556. The van der Waals surface area contributed by atoms with Crippen molar-refractivity contribution in [3.8, 4) is 0 Å². The van der Waals surface area contributed by atoms with Crippen LogP contribution in [0.4, 0.5) is 5.82 Å². The van der Waals surface area contributed by atoms with Gasteiger partial charge in [0.05, 0.1) is 11.5 Å². The van der Waals surface area contributed by atoms with E-state index in [9.17, 15) is 8.42 Å². The first-order chi connectivity index (χ1) is 7.61. The molecule has 0 atom stereocenters. The Morgan fingerprint density at radius 1 is 1.38 bits per heavy atom. The highest BCUT2D eigenvalue weighted by atomic mass is 32.2. The number of sulfone groups is 1. The molecule has 0 unspecified atom stereocenters. The van der Waals surface area contributed by atoms with E-state index in [0.717, 1.165) is 0 Å². The van der Waals surface area contributed by atoms with Crippen molar-refractivity contribution in [3.05, 3.63) is 18.1 Å². The van der Waals surface area contributed by atoms with Gasteiger partial charge in [-0.05, 0) is 6.07 Å². The fourth-order valence-electron chi connectivity index (χ4n) is 1.58. The first kappa shape index (κ1) is 11.3. The molecule has 0 spiro atoms. The van der Waals surface area contributed by atoms with Gasteiger partial charge in [-0.1, -0.05) is 0 Å². The highest BCUT2D eigenvalue weighted by Gasteiger charge is 2.22. The van der Waals surface area contributed by atoms with E-state index >= 15 is 0 Å². The Morgan fingerprint density at radius 3 is 2.69 bits per heavy atom. The summed E-state index contributed by atoms with van der Waals surface area (Å²) in [7, 11) is -2.87. The van der Waals surface area contributed by atoms with Crippen LogP contribution in [0.15, 0.2) is 12.3 Å². The van der Waals surface area contributed by atoms with Crippen LogP contribution in [-0.4, -0.2) is 48.1 Å². The van der Waals surface area contributed by atoms with Crippen molar-refractivity contribution in [1.82, 2.24) is 9.97 Å². The van der Waals surface area contributed by atoms with Gasteiger partial charge in [0.25, 0.3) is 0 Å². The zero-order valence-electron chi connectivity index (χ0n) is 8.70. The predicted octanol–water partition coefficient (Wildman–Crippen LogP) is -0.796. The van der Waals surface area contributed by atoms with Gasteiger partial charge in [-0.15, -0.1) is 0 Å². The minimum Gasteiger partial charge on any atom is -0.388 e. The van der Waals surface area contributed by atoms with E-state index in [4.69, 9.17) is 5.11 Å². The second-order valence-electron chi connectivity index (χ2n) is 3.63. The van der Waals surface area contributed by atoms with Crippen molar-refractivity contribution in [3.63, 3.8) is 0 Å². The summed E-state index contributed by atoms with van der Waals surface area (Å²) < 4.78 is 22.5. The Bertz CT molecular complexity index is 461. The maximum atomic E-state index is 11.3. The Labute approximate surface area is 93.9 Å². The van der Waals surface area contributed by atoms with Gasteiger partial charge in [-0.2, -0.15) is 0 Å². The van der Waals surface area contributed by atoms with Crippen molar-refractivity contribution >= 4 is 15.7 Å². The zero-order chi connectivity index (χ0) is 11.6. The summed E-state index contributed by atoms with van der Waals surface area (Å²) in [5.41, 5.74) is 0. The molecule has 1 saturated heterocycles. The second-order valence-corrected chi connectivity index (χ2v) is 5.93. The van der Waals surface area contributed by atoms with Crippen LogP contribution in [0.2, 0.25) is 0 Å². The largest absolute Gasteiger partial charge is 0.388 e. The molecule has 1 fully saturated rings. The lowest BCUT2D eigenvalue weighted by molar-refractivity contribution is 0.271. The van der Waals surface area contributed by atoms with E-state index in [-0.39, 0.29) is 18.1 Å². The highest BCUT2D eigenvalue weighted by Crippen LogP contribution is 2.13. The SMILES string of the molecule is O=S1(=O)CCN(c2ccnc(CO)n2)CC1. The van der Waals surface area contributed by atoms with Gasteiger partial charge in [-0.3, -0.25) is 0 Å². The molecular weight excluding hydrogens is 230 g/mol. The van der Waals surface area contributed by atoms with Crippen LogP contribution in [0.1, 0.15) is 5.82 Å². The Balaban J connectivity index is 2.13. The number of nitrogens with zero attached hydrogens (tertiary/aromatic N) is 3. The van der Waals surface area contributed by atoms with E-state index in [0.29, 0.717) is 24.7 Å². The summed E-state index contributed by atoms with van der Waals surface area (Å²) in [5, 5.41) is 8.90. The molecule has 7 heteroatoms. The highest BCUT2D eigenvalue weighted by molar-refractivity contribution is 7.91. The molecule has 6 nitrogen and oxygen atoms in total. The third-order valence-electron chi connectivity index (χ3n) is 2.50. The molecule has 16 heavy (non-hydrogen) atoms. The third-order valence-corrected chi connectivity index (χ3v) is 4.11. The average Bonchev–Trinajstić information content (AvgIpc) is 2.29. The van der Waals surface area contributed by atoms with Gasteiger partial charge < -0.3 is 10.0 Å². The maximum Gasteiger partial charge on any atom is 0.156 e. The lowest BCUT2D eigenvalue weighted by Gasteiger charge is -2.27. The third kappa shape index (κ3) is 2.48. The number of aliphatic hydroxyl groups excluding tert-OH is 1. The molecule has 2 heterocycles.